The molecule has 0 aliphatic rings. The van der Waals surface area contributed by atoms with Crippen LogP contribution in [0.5, 0.6) is 0 Å². The number of halogens is 3. The topological polar surface area (TPSA) is 38.0 Å². The highest BCUT2D eigenvalue weighted by Gasteiger charge is 2.21. The Balaban J connectivity index is 3.00. The molecule has 0 amide bonds. The van der Waals surface area contributed by atoms with E-state index in [9.17, 15) is 13.2 Å². The molecule has 0 aliphatic heterocycles. The van der Waals surface area contributed by atoms with Crippen molar-refractivity contribution in [2.75, 3.05) is 0 Å². The van der Waals surface area contributed by atoms with Crippen LogP contribution in [0.4, 0.5) is 13.2 Å². The van der Waals surface area contributed by atoms with Gasteiger partial charge in [0.2, 0.25) is 0 Å². The van der Waals surface area contributed by atoms with Crippen LogP contribution >= 0.6 is 0 Å². The maximum Gasteiger partial charge on any atom is 0.194 e. The molecule has 0 saturated carbocycles. The summed E-state index contributed by atoms with van der Waals surface area (Å²) in [5.41, 5.74) is 2.50. The van der Waals surface area contributed by atoms with Crippen molar-refractivity contribution in [3.05, 3.63) is 35.1 Å². The highest BCUT2D eigenvalue weighted by Crippen LogP contribution is 2.26. The molecule has 17 heavy (non-hydrogen) atoms. The van der Waals surface area contributed by atoms with Crippen LogP contribution < -0.4 is 11.3 Å². The summed E-state index contributed by atoms with van der Waals surface area (Å²) in [6.45, 7) is 3.99. The Hall–Kier alpha value is -1.07. The van der Waals surface area contributed by atoms with Crippen LogP contribution in [-0.4, -0.2) is 0 Å². The van der Waals surface area contributed by atoms with Crippen molar-refractivity contribution >= 4 is 0 Å². The molecule has 0 bridgehead atoms. The predicted molar refractivity (Wildman–Crippen MR) is 60.5 cm³/mol. The number of nitrogens with one attached hydrogen (secondary N) is 1. The number of benzene rings is 1. The average molecular weight is 246 g/mol. The fourth-order valence-corrected chi connectivity index (χ4v) is 1.66. The molecule has 1 aromatic carbocycles. The lowest BCUT2D eigenvalue weighted by molar-refractivity contribution is 0.381. The Kier molecular flexibility index (Phi) is 4.96. The first-order chi connectivity index (χ1) is 8.01. The maximum atomic E-state index is 13.5. The van der Waals surface area contributed by atoms with Crippen molar-refractivity contribution < 1.29 is 13.2 Å². The van der Waals surface area contributed by atoms with Crippen molar-refractivity contribution in [1.82, 2.24) is 5.43 Å². The SMILES string of the molecule is CCC(C)CC(NN)c1ccc(F)c(F)c1F. The zero-order valence-electron chi connectivity index (χ0n) is 9.93. The van der Waals surface area contributed by atoms with Crippen molar-refractivity contribution in [1.29, 1.82) is 0 Å². The number of hydrogen-bond donors (Lipinski definition) is 2. The normalized spacial score (nSPS) is 14.7. The van der Waals surface area contributed by atoms with E-state index < -0.39 is 23.5 Å². The summed E-state index contributed by atoms with van der Waals surface area (Å²) in [5.74, 6) is 1.83. The zero-order chi connectivity index (χ0) is 13.0. The molecule has 0 spiro atoms. The quantitative estimate of drug-likeness (QED) is 0.476. The number of hydrogen-bond acceptors (Lipinski definition) is 2. The number of hydrazine groups is 1. The van der Waals surface area contributed by atoms with E-state index in [0.717, 1.165) is 12.5 Å². The molecule has 0 fully saturated rings. The minimum absolute atomic E-state index is 0.0618. The smallest absolute Gasteiger partial charge is 0.194 e. The minimum atomic E-state index is -1.45. The second kappa shape index (κ2) is 6.02. The lowest BCUT2D eigenvalue weighted by atomic mass is 9.94. The van der Waals surface area contributed by atoms with Gasteiger partial charge in [-0.3, -0.25) is 11.3 Å². The first-order valence-electron chi connectivity index (χ1n) is 5.60. The van der Waals surface area contributed by atoms with E-state index >= 15 is 0 Å². The highest BCUT2D eigenvalue weighted by atomic mass is 19.2. The third-order valence-corrected chi connectivity index (χ3v) is 2.98. The number of nitrogens with two attached hydrogens (primary N) is 1. The Bertz CT molecular complexity index is 382. The second-order valence-corrected chi connectivity index (χ2v) is 4.23. The molecule has 2 atom stereocenters. The molecule has 1 aromatic rings. The molecule has 2 nitrogen and oxygen atoms in total. The first-order valence-corrected chi connectivity index (χ1v) is 5.60. The molecular weight excluding hydrogens is 229 g/mol. The average Bonchev–Trinajstić information content (AvgIpc) is 2.33. The monoisotopic (exact) mass is 246 g/mol. The van der Waals surface area contributed by atoms with Crippen LogP contribution in [0.15, 0.2) is 12.1 Å². The van der Waals surface area contributed by atoms with E-state index in [1.165, 1.54) is 6.07 Å². The van der Waals surface area contributed by atoms with Crippen LogP contribution in [-0.2, 0) is 0 Å². The number of rotatable bonds is 5. The van der Waals surface area contributed by atoms with Crippen LogP contribution in [0.3, 0.4) is 0 Å². The molecule has 2 unspecified atom stereocenters. The van der Waals surface area contributed by atoms with E-state index in [-0.39, 0.29) is 5.56 Å². The predicted octanol–water partition coefficient (Wildman–Crippen LogP) is 3.04. The molecule has 5 heteroatoms. The Labute approximate surface area is 99.0 Å². The molecule has 3 N–H and O–H groups in total. The van der Waals surface area contributed by atoms with Crippen molar-refractivity contribution in [2.24, 2.45) is 11.8 Å². The van der Waals surface area contributed by atoms with Gasteiger partial charge in [-0.05, 0) is 18.4 Å². The highest BCUT2D eigenvalue weighted by molar-refractivity contribution is 5.23. The first kappa shape index (κ1) is 14.0. The van der Waals surface area contributed by atoms with Crippen LogP contribution in [0.1, 0.15) is 38.3 Å². The van der Waals surface area contributed by atoms with E-state index in [4.69, 9.17) is 5.84 Å². The molecule has 0 aromatic heterocycles. The molecule has 1 rings (SSSR count). The van der Waals surface area contributed by atoms with E-state index in [0.29, 0.717) is 12.3 Å². The summed E-state index contributed by atoms with van der Waals surface area (Å²) in [4.78, 5) is 0. The van der Waals surface area contributed by atoms with E-state index in [1.807, 2.05) is 13.8 Å². The molecular formula is C12H17F3N2. The van der Waals surface area contributed by atoms with Gasteiger partial charge < -0.3 is 0 Å². The van der Waals surface area contributed by atoms with Gasteiger partial charge in [-0.2, -0.15) is 0 Å². The maximum absolute atomic E-state index is 13.5. The van der Waals surface area contributed by atoms with Gasteiger partial charge in [-0.15, -0.1) is 0 Å². The van der Waals surface area contributed by atoms with Crippen molar-refractivity contribution in [3.8, 4) is 0 Å². The molecule has 0 aliphatic carbocycles. The van der Waals surface area contributed by atoms with Gasteiger partial charge in [-0.25, -0.2) is 13.2 Å². The molecule has 96 valence electrons. The van der Waals surface area contributed by atoms with E-state index in [1.54, 1.807) is 0 Å². The van der Waals surface area contributed by atoms with E-state index in [2.05, 4.69) is 5.43 Å². The lowest BCUT2D eigenvalue weighted by Crippen LogP contribution is -2.30. The third kappa shape index (κ3) is 3.20. The molecule has 0 saturated heterocycles. The van der Waals surface area contributed by atoms with Crippen molar-refractivity contribution in [3.63, 3.8) is 0 Å². The van der Waals surface area contributed by atoms with Gasteiger partial charge in [0.1, 0.15) is 0 Å². The summed E-state index contributed by atoms with van der Waals surface area (Å²) in [6, 6.07) is 1.62. The standard InChI is InChI=1S/C12H17F3N2/c1-3-7(2)6-10(17-16)8-4-5-9(13)12(15)11(8)14/h4-5,7,10,17H,3,6,16H2,1-2H3. The Morgan fingerprint density at radius 2 is 1.88 bits per heavy atom. The van der Waals surface area contributed by atoms with Gasteiger partial charge in [0.05, 0.1) is 0 Å². The lowest BCUT2D eigenvalue weighted by Gasteiger charge is -2.20. The summed E-state index contributed by atoms with van der Waals surface area (Å²) < 4.78 is 39.4. The van der Waals surface area contributed by atoms with Crippen molar-refractivity contribution in [2.45, 2.75) is 32.7 Å². The third-order valence-electron chi connectivity index (χ3n) is 2.98. The second-order valence-electron chi connectivity index (χ2n) is 4.23. The van der Waals surface area contributed by atoms with Crippen LogP contribution in [0.25, 0.3) is 0 Å². The van der Waals surface area contributed by atoms with Crippen LogP contribution in [0, 0.1) is 23.4 Å². The zero-order valence-corrected chi connectivity index (χ0v) is 9.93. The summed E-state index contributed by atoms with van der Waals surface area (Å²) >= 11 is 0. The van der Waals surface area contributed by atoms with Gasteiger partial charge in [0, 0.05) is 11.6 Å². The van der Waals surface area contributed by atoms with Crippen LogP contribution in [0.2, 0.25) is 0 Å². The van der Waals surface area contributed by atoms with Gasteiger partial charge >= 0.3 is 0 Å². The van der Waals surface area contributed by atoms with Gasteiger partial charge in [0.15, 0.2) is 17.5 Å². The van der Waals surface area contributed by atoms with Gasteiger partial charge in [0.25, 0.3) is 0 Å². The molecule has 0 heterocycles. The fourth-order valence-electron chi connectivity index (χ4n) is 1.66. The Morgan fingerprint density at radius 1 is 1.24 bits per heavy atom. The molecule has 0 radical (unpaired) electrons. The minimum Gasteiger partial charge on any atom is -0.271 e. The largest absolute Gasteiger partial charge is 0.271 e. The Morgan fingerprint density at radius 3 is 2.41 bits per heavy atom. The summed E-state index contributed by atoms with van der Waals surface area (Å²) in [5, 5.41) is 0. The fraction of sp³-hybridized carbons (Fsp3) is 0.500. The van der Waals surface area contributed by atoms with Gasteiger partial charge in [-0.1, -0.05) is 26.3 Å². The summed E-state index contributed by atoms with van der Waals surface area (Å²) in [7, 11) is 0. The summed E-state index contributed by atoms with van der Waals surface area (Å²) in [6.07, 6.45) is 1.47.